The molecule has 0 bridgehead atoms. The van der Waals surface area contributed by atoms with Crippen LogP contribution in [0.4, 0.5) is 0 Å². The van der Waals surface area contributed by atoms with E-state index in [1.807, 2.05) is 48.5 Å². The van der Waals surface area contributed by atoms with Gasteiger partial charge in [0.2, 0.25) is 0 Å². The van der Waals surface area contributed by atoms with Crippen LogP contribution in [0.3, 0.4) is 0 Å². The summed E-state index contributed by atoms with van der Waals surface area (Å²) in [5, 5.41) is 26.6. The predicted octanol–water partition coefficient (Wildman–Crippen LogP) is 4.52. The number of rotatable bonds is 4. The number of aliphatic hydroxyl groups is 2. The van der Waals surface area contributed by atoms with E-state index in [4.69, 9.17) is 0 Å². The lowest BCUT2D eigenvalue weighted by atomic mass is 9.48. The molecule has 1 fully saturated rings. The molecule has 3 N–H and O–H groups in total. The molecule has 0 aliphatic heterocycles. The number of amides is 1. The molecule has 34 heavy (non-hydrogen) atoms. The fraction of sp³-hybridized carbons (Fsp3) is 0.367. The maximum atomic E-state index is 12.3. The zero-order valence-corrected chi connectivity index (χ0v) is 19.9. The first-order valence-corrected chi connectivity index (χ1v) is 12.2. The molecule has 4 nitrogen and oxygen atoms in total. The van der Waals surface area contributed by atoms with Crippen molar-refractivity contribution in [2.75, 3.05) is 7.05 Å². The van der Waals surface area contributed by atoms with E-state index in [-0.39, 0.29) is 17.2 Å². The van der Waals surface area contributed by atoms with E-state index in [1.165, 1.54) is 16.7 Å². The second-order valence-corrected chi connectivity index (χ2v) is 10.4. The van der Waals surface area contributed by atoms with Crippen molar-refractivity contribution in [1.29, 1.82) is 0 Å². The lowest BCUT2D eigenvalue weighted by Gasteiger charge is -2.59. The van der Waals surface area contributed by atoms with Crippen molar-refractivity contribution in [3.8, 4) is 0 Å². The summed E-state index contributed by atoms with van der Waals surface area (Å²) in [5.41, 5.74) is 2.06. The topological polar surface area (TPSA) is 69.6 Å². The summed E-state index contributed by atoms with van der Waals surface area (Å²) in [6, 6.07) is 26.1. The van der Waals surface area contributed by atoms with Gasteiger partial charge in [-0.05, 0) is 79.3 Å². The average Bonchev–Trinajstić information content (AvgIpc) is 2.85. The van der Waals surface area contributed by atoms with Gasteiger partial charge >= 0.3 is 0 Å². The van der Waals surface area contributed by atoms with Gasteiger partial charge in [0.25, 0.3) is 5.91 Å². The second kappa shape index (κ2) is 8.37. The summed E-state index contributed by atoms with van der Waals surface area (Å²) in [6.45, 7) is 1.79. The molecule has 3 aromatic rings. The molecular weight excluding hydrogens is 422 g/mol. The quantitative estimate of drug-likeness (QED) is 0.542. The third-order valence-electron chi connectivity index (χ3n) is 8.38. The van der Waals surface area contributed by atoms with Crippen LogP contribution >= 0.6 is 0 Å². The van der Waals surface area contributed by atoms with E-state index in [0.717, 1.165) is 24.8 Å². The van der Waals surface area contributed by atoms with Crippen molar-refractivity contribution in [2.45, 2.75) is 55.6 Å². The minimum atomic E-state index is -1.33. The van der Waals surface area contributed by atoms with Crippen LogP contribution in [0.15, 0.2) is 78.9 Å². The first kappa shape index (κ1) is 22.8. The summed E-state index contributed by atoms with van der Waals surface area (Å²) in [7, 11) is 1.65. The second-order valence-electron chi connectivity index (χ2n) is 10.4. The highest BCUT2D eigenvalue weighted by molar-refractivity contribution is 5.94. The Labute approximate surface area is 201 Å². The van der Waals surface area contributed by atoms with Gasteiger partial charge in [-0.1, -0.05) is 66.7 Å². The van der Waals surface area contributed by atoms with Gasteiger partial charge in [-0.25, -0.2) is 0 Å². The van der Waals surface area contributed by atoms with E-state index in [9.17, 15) is 15.0 Å². The molecule has 2 aliphatic carbocycles. The molecule has 0 saturated heterocycles. The van der Waals surface area contributed by atoms with Crippen LogP contribution < -0.4 is 5.32 Å². The third kappa shape index (κ3) is 3.57. The highest BCUT2D eigenvalue weighted by atomic mass is 16.4. The van der Waals surface area contributed by atoms with Gasteiger partial charge in [0.1, 0.15) is 5.60 Å². The predicted molar refractivity (Wildman–Crippen MR) is 134 cm³/mol. The van der Waals surface area contributed by atoms with E-state index in [2.05, 4.69) is 35.6 Å². The van der Waals surface area contributed by atoms with Gasteiger partial charge < -0.3 is 15.5 Å². The van der Waals surface area contributed by atoms with Crippen LogP contribution in [0.5, 0.6) is 0 Å². The third-order valence-corrected chi connectivity index (χ3v) is 8.38. The summed E-state index contributed by atoms with van der Waals surface area (Å²) in [5.74, 6) is 0.104. The molecule has 1 amide bonds. The number of benzene rings is 3. The zero-order chi connectivity index (χ0) is 24.0. The molecule has 4 heteroatoms. The van der Waals surface area contributed by atoms with Crippen molar-refractivity contribution in [1.82, 2.24) is 5.32 Å². The molecule has 176 valence electrons. The van der Waals surface area contributed by atoms with Crippen LogP contribution in [0, 0.1) is 5.92 Å². The van der Waals surface area contributed by atoms with E-state index in [1.54, 1.807) is 14.0 Å². The maximum Gasteiger partial charge on any atom is 0.251 e. The van der Waals surface area contributed by atoms with Crippen LogP contribution in [-0.2, 0) is 23.9 Å². The van der Waals surface area contributed by atoms with E-state index >= 15 is 0 Å². The number of nitrogens with one attached hydrogen (secondary N) is 1. The molecule has 0 radical (unpaired) electrons. The van der Waals surface area contributed by atoms with Gasteiger partial charge in [0, 0.05) is 18.0 Å². The van der Waals surface area contributed by atoms with Crippen LogP contribution in [-0.4, -0.2) is 28.8 Å². The highest BCUT2D eigenvalue weighted by Gasteiger charge is 2.61. The number of carbonyl (C=O) groups excluding carboxylic acids is 1. The fourth-order valence-corrected chi connectivity index (χ4v) is 6.68. The largest absolute Gasteiger partial charge is 0.387 e. The SMILES string of the molecule is CNC(=O)c1ccc2c(c1)CC[C@@H]1C[C@@](O)(c3ccccc3)[C@](C)(O)C[C@@]21Cc1ccccc1. The van der Waals surface area contributed by atoms with E-state index in [0.29, 0.717) is 18.4 Å². The summed E-state index contributed by atoms with van der Waals surface area (Å²) < 4.78 is 0. The molecule has 0 spiro atoms. The molecular formula is C30H33NO3. The van der Waals surface area contributed by atoms with Crippen LogP contribution in [0.1, 0.15) is 58.8 Å². The molecule has 5 rings (SSSR count). The Balaban J connectivity index is 1.65. The zero-order valence-electron chi connectivity index (χ0n) is 19.9. The molecule has 2 aliphatic rings. The number of fused-ring (bicyclic) bond motifs is 3. The molecule has 3 aromatic carbocycles. The van der Waals surface area contributed by atoms with Crippen LogP contribution in [0.2, 0.25) is 0 Å². The van der Waals surface area contributed by atoms with Crippen molar-refractivity contribution < 1.29 is 15.0 Å². The van der Waals surface area contributed by atoms with Crippen molar-refractivity contribution in [3.05, 3.63) is 107 Å². The normalized spacial score (nSPS) is 30.2. The molecule has 0 heterocycles. The minimum Gasteiger partial charge on any atom is -0.387 e. The monoisotopic (exact) mass is 455 g/mol. The standard InChI is InChI=1S/C30H33NO3/c1-28(33)20-29(18-21-9-5-3-6-10-21)25(19-30(28,34)24-11-7-4-8-12-24)15-13-22-17-23(27(32)31-2)14-16-26(22)29/h3-12,14,16-17,25,33-34H,13,15,18-20H2,1-2H3,(H,31,32)/t25-,28-,29-,30-/m1/s1. The molecule has 0 aromatic heterocycles. The Hall–Kier alpha value is -2.95. The Bertz CT molecular complexity index is 1190. The lowest BCUT2D eigenvalue weighted by Crippen LogP contribution is -2.62. The Morgan fingerprint density at radius 3 is 2.35 bits per heavy atom. The molecule has 0 unspecified atom stereocenters. The first-order valence-electron chi connectivity index (χ1n) is 12.2. The van der Waals surface area contributed by atoms with Crippen molar-refractivity contribution in [2.24, 2.45) is 5.92 Å². The van der Waals surface area contributed by atoms with Gasteiger partial charge in [-0.15, -0.1) is 0 Å². The Morgan fingerprint density at radius 1 is 1.00 bits per heavy atom. The number of carbonyl (C=O) groups is 1. The van der Waals surface area contributed by atoms with E-state index < -0.39 is 11.2 Å². The Morgan fingerprint density at radius 2 is 1.68 bits per heavy atom. The Kier molecular flexibility index (Phi) is 5.62. The smallest absolute Gasteiger partial charge is 0.251 e. The van der Waals surface area contributed by atoms with Gasteiger partial charge in [-0.2, -0.15) is 0 Å². The van der Waals surface area contributed by atoms with Gasteiger partial charge in [0.15, 0.2) is 0 Å². The first-order chi connectivity index (χ1) is 16.3. The van der Waals surface area contributed by atoms with Crippen LogP contribution in [0.25, 0.3) is 0 Å². The fourth-order valence-electron chi connectivity index (χ4n) is 6.68. The lowest BCUT2D eigenvalue weighted by molar-refractivity contribution is -0.204. The summed E-state index contributed by atoms with van der Waals surface area (Å²) in [4.78, 5) is 12.3. The van der Waals surface area contributed by atoms with Crippen molar-refractivity contribution >= 4 is 5.91 Å². The average molecular weight is 456 g/mol. The number of hydrogen-bond acceptors (Lipinski definition) is 3. The summed E-state index contributed by atoms with van der Waals surface area (Å²) in [6.07, 6.45) is 3.48. The number of aryl methyl sites for hydroxylation is 1. The molecule has 1 saturated carbocycles. The minimum absolute atomic E-state index is 0.0869. The highest BCUT2D eigenvalue weighted by Crippen LogP contribution is 2.59. The van der Waals surface area contributed by atoms with Gasteiger partial charge in [0.05, 0.1) is 5.60 Å². The number of hydrogen-bond donors (Lipinski definition) is 3. The molecule has 4 atom stereocenters. The van der Waals surface area contributed by atoms with Gasteiger partial charge in [-0.3, -0.25) is 4.79 Å². The summed E-state index contributed by atoms with van der Waals surface area (Å²) >= 11 is 0. The maximum absolute atomic E-state index is 12.3. The van der Waals surface area contributed by atoms with Crippen molar-refractivity contribution in [3.63, 3.8) is 0 Å².